The minimum atomic E-state index is -1.31. The molecule has 270 valence electrons. The van der Waals surface area contributed by atoms with Crippen molar-refractivity contribution < 1.29 is 34.2 Å². The molecule has 0 aliphatic carbocycles. The van der Waals surface area contributed by atoms with Gasteiger partial charge >= 0.3 is 11.9 Å². The lowest BCUT2D eigenvalue weighted by Gasteiger charge is -2.24. The van der Waals surface area contributed by atoms with Gasteiger partial charge in [-0.05, 0) is 30.4 Å². The van der Waals surface area contributed by atoms with Gasteiger partial charge < -0.3 is 42.2 Å². The molecule has 0 saturated heterocycles. The van der Waals surface area contributed by atoms with Crippen molar-refractivity contribution in [3.05, 3.63) is 102 Å². The average Bonchev–Trinajstić information content (AvgIpc) is 3.75. The molecule has 4 aromatic rings. The van der Waals surface area contributed by atoms with Crippen molar-refractivity contribution in [1.82, 2.24) is 40.5 Å². The van der Waals surface area contributed by atoms with Crippen LogP contribution in [0.1, 0.15) is 35.4 Å². The molecule has 4 atom stereocenters. The summed E-state index contributed by atoms with van der Waals surface area (Å²) >= 11 is 0. The van der Waals surface area contributed by atoms with Gasteiger partial charge in [0.2, 0.25) is 17.7 Å². The van der Waals surface area contributed by atoms with Crippen LogP contribution in [0, 0.1) is 0 Å². The maximum absolute atomic E-state index is 14.0. The van der Waals surface area contributed by atoms with E-state index in [1.54, 1.807) is 12.5 Å². The molecule has 0 bridgehead atoms. The van der Waals surface area contributed by atoms with Crippen LogP contribution in [-0.2, 0) is 56.3 Å². The third-order valence-corrected chi connectivity index (χ3v) is 7.94. The Balaban J connectivity index is 1.53. The van der Waals surface area contributed by atoms with E-state index in [9.17, 15) is 24.0 Å². The number of carbonyl (C=O) groups is 5. The maximum Gasteiger partial charge on any atom is 0.322 e. The molecule has 51 heavy (non-hydrogen) atoms. The molecule has 2 heterocycles. The minimum absolute atomic E-state index is 0.0133. The molecular formula is C34H42N10O7. The number of carboxylic acid groups (broad SMARTS) is 2. The summed E-state index contributed by atoms with van der Waals surface area (Å²) in [7, 11) is 0. The van der Waals surface area contributed by atoms with Gasteiger partial charge in [-0.1, -0.05) is 65.9 Å². The highest BCUT2D eigenvalue weighted by Gasteiger charge is 2.30. The van der Waals surface area contributed by atoms with E-state index < -0.39 is 60.4 Å². The van der Waals surface area contributed by atoms with Gasteiger partial charge in [0.15, 0.2) is 0 Å². The molecule has 0 aliphatic heterocycles. The van der Waals surface area contributed by atoms with Gasteiger partial charge in [-0.25, -0.2) is 4.98 Å². The third kappa shape index (κ3) is 12.2. The molecule has 0 radical (unpaired) electrons. The molecule has 0 unspecified atom stereocenters. The van der Waals surface area contributed by atoms with E-state index in [1.165, 1.54) is 10.9 Å². The highest BCUT2D eigenvalue weighted by molar-refractivity contribution is 5.94. The van der Waals surface area contributed by atoms with Gasteiger partial charge in [-0.3, -0.25) is 28.7 Å². The lowest BCUT2D eigenvalue weighted by atomic mass is 10.0. The van der Waals surface area contributed by atoms with E-state index in [1.807, 2.05) is 65.2 Å². The summed E-state index contributed by atoms with van der Waals surface area (Å²) in [5.41, 5.74) is 14.5. The number of aromatic nitrogens is 5. The summed E-state index contributed by atoms with van der Waals surface area (Å²) in [4.78, 5) is 67.0. The number of hydrogen-bond acceptors (Lipinski definition) is 10. The Morgan fingerprint density at radius 3 is 2.10 bits per heavy atom. The van der Waals surface area contributed by atoms with E-state index in [0.29, 0.717) is 30.9 Å². The summed E-state index contributed by atoms with van der Waals surface area (Å²) in [5, 5.41) is 33.9. The highest BCUT2D eigenvalue weighted by atomic mass is 16.4. The Morgan fingerprint density at radius 1 is 0.784 bits per heavy atom. The molecule has 4 rings (SSSR count). The number of amides is 3. The van der Waals surface area contributed by atoms with E-state index in [-0.39, 0.29) is 25.7 Å². The van der Waals surface area contributed by atoms with E-state index in [4.69, 9.17) is 21.7 Å². The minimum Gasteiger partial charge on any atom is -0.480 e. The summed E-state index contributed by atoms with van der Waals surface area (Å²) in [5.74, 6) is -4.52. The van der Waals surface area contributed by atoms with Crippen molar-refractivity contribution in [3.63, 3.8) is 0 Å². The second kappa shape index (κ2) is 18.7. The van der Waals surface area contributed by atoms with Crippen LogP contribution in [0.25, 0.3) is 0 Å². The summed E-state index contributed by atoms with van der Waals surface area (Å²) in [6.45, 7) is 0.0449. The maximum atomic E-state index is 14.0. The second-order valence-electron chi connectivity index (χ2n) is 12.0. The highest BCUT2D eigenvalue weighted by Crippen LogP contribution is 2.11. The monoisotopic (exact) mass is 702 g/mol. The van der Waals surface area contributed by atoms with Crippen molar-refractivity contribution in [2.75, 3.05) is 6.54 Å². The number of aliphatic carboxylic acids is 2. The van der Waals surface area contributed by atoms with E-state index in [0.717, 1.165) is 11.1 Å². The quantitative estimate of drug-likeness (QED) is 0.0600. The van der Waals surface area contributed by atoms with Crippen molar-refractivity contribution >= 4 is 29.7 Å². The number of carbonyl (C=O) groups excluding carboxylic acids is 3. The fourth-order valence-corrected chi connectivity index (χ4v) is 5.21. The zero-order valence-corrected chi connectivity index (χ0v) is 27.8. The van der Waals surface area contributed by atoms with Crippen molar-refractivity contribution in [3.8, 4) is 0 Å². The number of rotatable bonds is 20. The molecule has 0 spiro atoms. The average molecular weight is 703 g/mol. The first kappa shape index (κ1) is 37.9. The van der Waals surface area contributed by atoms with Gasteiger partial charge in [-0.15, -0.1) is 5.10 Å². The molecule has 17 nitrogen and oxygen atoms in total. The topological polar surface area (TPSA) is 262 Å². The van der Waals surface area contributed by atoms with Gasteiger partial charge in [0.25, 0.3) is 0 Å². The number of imidazole rings is 1. The predicted octanol–water partition coefficient (Wildman–Crippen LogP) is -0.759. The Morgan fingerprint density at radius 2 is 1.43 bits per heavy atom. The van der Waals surface area contributed by atoms with Crippen LogP contribution in [0.3, 0.4) is 0 Å². The Labute approximate surface area is 293 Å². The molecule has 2 aromatic carbocycles. The van der Waals surface area contributed by atoms with E-state index >= 15 is 0 Å². The van der Waals surface area contributed by atoms with Crippen LogP contribution in [0.5, 0.6) is 0 Å². The summed E-state index contributed by atoms with van der Waals surface area (Å²) in [6.07, 6.45) is 5.34. The Bertz CT molecular complexity index is 1760. The Kier molecular flexibility index (Phi) is 13.9. The fourth-order valence-electron chi connectivity index (χ4n) is 5.21. The number of hydrogen-bond donors (Lipinski definition) is 7. The van der Waals surface area contributed by atoms with Crippen LogP contribution in [0.15, 0.2) is 79.4 Å². The summed E-state index contributed by atoms with van der Waals surface area (Å²) < 4.78 is 3.29. The Hall–Kier alpha value is -5.94. The van der Waals surface area contributed by atoms with Crippen LogP contribution < -0.4 is 27.4 Å². The lowest BCUT2D eigenvalue weighted by molar-refractivity contribution is -0.139. The van der Waals surface area contributed by atoms with Gasteiger partial charge in [0.1, 0.15) is 24.7 Å². The van der Waals surface area contributed by atoms with Crippen molar-refractivity contribution in [1.29, 1.82) is 0 Å². The first-order valence-electron chi connectivity index (χ1n) is 16.3. The first-order valence-corrected chi connectivity index (χ1v) is 16.3. The zero-order valence-electron chi connectivity index (χ0n) is 27.8. The lowest BCUT2D eigenvalue weighted by Crippen LogP contribution is -2.57. The zero-order chi connectivity index (χ0) is 36.8. The molecule has 9 N–H and O–H groups in total. The van der Waals surface area contributed by atoms with Crippen molar-refractivity contribution in [2.45, 2.75) is 69.4 Å². The summed E-state index contributed by atoms with van der Waals surface area (Å²) in [6, 6.07) is 14.2. The number of carboxylic acids is 2. The normalized spacial score (nSPS) is 13.4. The van der Waals surface area contributed by atoms with Crippen LogP contribution in [0.4, 0.5) is 0 Å². The fraction of sp³-hybridized carbons (Fsp3) is 0.353. The smallest absolute Gasteiger partial charge is 0.322 e. The number of benzene rings is 2. The van der Waals surface area contributed by atoms with Gasteiger partial charge in [0, 0.05) is 44.0 Å². The number of nitrogens with zero attached hydrogens (tertiary/aromatic N) is 5. The molecular weight excluding hydrogens is 660 g/mol. The standard InChI is InChI=1S/C34H42N10O7/c35-26(34(50)51)12-7-13-44-20-24(41-42-44)15-28(32(48)38-18-30(45)46)40-33(49)29(39-31(47)27(36)14-22-8-3-1-4-9-22)16-25-17-37-21-43(25)19-23-10-5-2-6-11-23/h1-6,8-11,17,20-21,26-29H,7,12-16,18-19,35-36H2,(H,38,48)(H,39,47)(H,40,49)(H,45,46)(H,50,51)/t26-,27-,28-,29-/m0/s1. The predicted molar refractivity (Wildman–Crippen MR) is 183 cm³/mol. The molecule has 2 aromatic heterocycles. The third-order valence-electron chi connectivity index (χ3n) is 7.94. The van der Waals surface area contributed by atoms with Crippen molar-refractivity contribution in [2.24, 2.45) is 11.5 Å². The molecule has 17 heteroatoms. The SMILES string of the molecule is N[C@@H](CCCn1cc(C[C@H](NC(=O)[C@H](Cc2cncn2Cc2ccccc2)NC(=O)[C@@H](N)Cc2ccccc2)C(=O)NCC(=O)O)nn1)C(=O)O. The number of nitrogens with two attached hydrogens (primary N) is 2. The molecule has 3 amide bonds. The second-order valence-corrected chi connectivity index (χ2v) is 12.0. The van der Waals surface area contributed by atoms with Crippen LogP contribution in [0.2, 0.25) is 0 Å². The largest absolute Gasteiger partial charge is 0.480 e. The van der Waals surface area contributed by atoms with Gasteiger partial charge in [0.05, 0.1) is 18.1 Å². The van der Waals surface area contributed by atoms with Crippen LogP contribution >= 0.6 is 0 Å². The molecule has 0 fully saturated rings. The number of aryl methyl sites for hydroxylation is 1. The van der Waals surface area contributed by atoms with E-state index in [2.05, 4.69) is 31.2 Å². The molecule has 0 saturated carbocycles. The van der Waals surface area contributed by atoms with Crippen LogP contribution in [-0.4, -0.2) is 95.1 Å². The van der Waals surface area contributed by atoms with Gasteiger partial charge in [-0.2, -0.15) is 0 Å². The molecule has 0 aliphatic rings. The first-order chi connectivity index (χ1) is 24.5. The number of nitrogens with one attached hydrogen (secondary N) is 3.